The molecule has 132 valence electrons. The molecule has 0 atom stereocenters. The molecule has 1 heterocycles. The third-order valence-electron chi connectivity index (χ3n) is 4.03. The zero-order chi connectivity index (χ0) is 18.5. The van der Waals surface area contributed by atoms with Crippen LogP contribution < -0.4 is 10.2 Å². The van der Waals surface area contributed by atoms with Gasteiger partial charge in [0.25, 0.3) is 0 Å². The van der Waals surface area contributed by atoms with Gasteiger partial charge >= 0.3 is 5.97 Å². The van der Waals surface area contributed by atoms with Crippen LogP contribution in [0.15, 0.2) is 60.7 Å². The van der Waals surface area contributed by atoms with Crippen molar-refractivity contribution in [2.75, 3.05) is 7.11 Å². The van der Waals surface area contributed by atoms with Gasteiger partial charge in [-0.25, -0.2) is 4.68 Å². The van der Waals surface area contributed by atoms with Gasteiger partial charge in [0.2, 0.25) is 0 Å². The van der Waals surface area contributed by atoms with Crippen LogP contribution in [0.4, 0.5) is 0 Å². The first-order chi connectivity index (χ1) is 12.6. The van der Waals surface area contributed by atoms with Gasteiger partial charge in [0.15, 0.2) is 0 Å². The summed E-state index contributed by atoms with van der Waals surface area (Å²) in [5.41, 5.74) is 3.31. The number of hydrogen-bond donors (Lipinski definition) is 2. The lowest BCUT2D eigenvalue weighted by Gasteiger charge is -2.12. The normalized spacial score (nSPS) is 10.5. The van der Waals surface area contributed by atoms with E-state index in [0.717, 1.165) is 16.9 Å². The number of hydrogen-bond acceptors (Lipinski definition) is 4. The molecule has 0 saturated carbocycles. The predicted octanol–water partition coefficient (Wildman–Crippen LogP) is 3.18. The maximum atomic E-state index is 10.9. The Kier molecular flexibility index (Phi) is 5.12. The molecule has 2 N–H and O–H groups in total. The van der Waals surface area contributed by atoms with Crippen LogP contribution >= 0.6 is 0 Å². The van der Waals surface area contributed by atoms with Crippen LogP contribution in [0.2, 0.25) is 0 Å². The molecule has 0 amide bonds. The molecule has 0 radical (unpaired) electrons. The number of aromatic nitrogens is 2. The van der Waals surface area contributed by atoms with Gasteiger partial charge in [0, 0.05) is 11.1 Å². The molecule has 0 bridgehead atoms. The second-order valence-electron chi connectivity index (χ2n) is 5.75. The molecular formula is C20H19N3O3. The molecule has 0 unspecified atom stereocenters. The Balaban J connectivity index is 2.13. The zero-order valence-corrected chi connectivity index (χ0v) is 14.3. The zero-order valence-electron chi connectivity index (χ0n) is 14.3. The quantitative estimate of drug-likeness (QED) is 0.715. The number of nitrogens with zero attached hydrogens (tertiary/aromatic N) is 2. The van der Waals surface area contributed by atoms with Crippen LogP contribution in [-0.4, -0.2) is 28.0 Å². The first kappa shape index (κ1) is 17.4. The Hall–Kier alpha value is -3.41. The van der Waals surface area contributed by atoms with E-state index in [-0.39, 0.29) is 18.5 Å². The van der Waals surface area contributed by atoms with Gasteiger partial charge in [0.05, 0.1) is 25.8 Å². The van der Waals surface area contributed by atoms with E-state index in [1.54, 1.807) is 7.11 Å². The molecule has 0 aliphatic carbocycles. The second kappa shape index (κ2) is 7.65. The van der Waals surface area contributed by atoms with Crippen molar-refractivity contribution >= 4 is 5.97 Å². The summed E-state index contributed by atoms with van der Waals surface area (Å²) in [6, 6.07) is 18.9. The fraction of sp³-hybridized carbons (Fsp3) is 0.150. The lowest BCUT2D eigenvalue weighted by atomic mass is 10.0. The lowest BCUT2D eigenvalue weighted by Crippen LogP contribution is -2.26. The summed E-state index contributed by atoms with van der Waals surface area (Å²) in [4.78, 5) is 10.9. The van der Waals surface area contributed by atoms with Crippen molar-refractivity contribution in [3.63, 3.8) is 0 Å². The van der Waals surface area contributed by atoms with Gasteiger partial charge in [-0.1, -0.05) is 42.5 Å². The van der Waals surface area contributed by atoms with Gasteiger partial charge < -0.3 is 9.84 Å². The van der Waals surface area contributed by atoms with Crippen LogP contribution in [0.5, 0.6) is 5.75 Å². The second-order valence-corrected chi connectivity index (χ2v) is 5.75. The van der Waals surface area contributed by atoms with Crippen LogP contribution in [0, 0.1) is 5.41 Å². The maximum Gasteiger partial charge on any atom is 0.305 e. The van der Waals surface area contributed by atoms with Crippen LogP contribution in [-0.2, 0) is 11.3 Å². The van der Waals surface area contributed by atoms with E-state index in [1.165, 1.54) is 4.68 Å². The summed E-state index contributed by atoms with van der Waals surface area (Å²) < 4.78 is 6.63. The average Bonchev–Trinajstić information content (AvgIpc) is 2.68. The van der Waals surface area contributed by atoms with Crippen molar-refractivity contribution in [1.29, 1.82) is 5.41 Å². The van der Waals surface area contributed by atoms with Crippen molar-refractivity contribution in [3.8, 4) is 28.1 Å². The SMILES string of the molecule is COc1ccc(-c2cc(-c3ccccc3)nn(CCC(=O)O)c2=N)cc1. The average molecular weight is 349 g/mol. The molecule has 6 heteroatoms. The van der Waals surface area contributed by atoms with Crippen molar-refractivity contribution < 1.29 is 14.6 Å². The van der Waals surface area contributed by atoms with E-state index < -0.39 is 5.97 Å². The number of aliphatic carboxylic acids is 1. The van der Waals surface area contributed by atoms with Gasteiger partial charge in [-0.2, -0.15) is 5.10 Å². The molecule has 0 spiro atoms. The molecule has 0 saturated heterocycles. The smallest absolute Gasteiger partial charge is 0.305 e. The highest BCUT2D eigenvalue weighted by Crippen LogP contribution is 2.23. The topological polar surface area (TPSA) is 88.2 Å². The highest BCUT2D eigenvalue weighted by molar-refractivity contribution is 5.70. The number of rotatable bonds is 6. The standard InChI is InChI=1S/C20H19N3O3/c1-26-16-9-7-14(8-10-16)17-13-18(15-5-3-2-4-6-15)22-23(20(17)21)12-11-19(24)25/h2-10,13,21H,11-12H2,1H3,(H,24,25). The fourth-order valence-corrected chi connectivity index (χ4v) is 2.66. The van der Waals surface area contributed by atoms with Gasteiger partial charge in [-0.3, -0.25) is 10.2 Å². The largest absolute Gasteiger partial charge is 0.497 e. The van der Waals surface area contributed by atoms with Crippen molar-refractivity contribution in [2.24, 2.45) is 0 Å². The molecule has 26 heavy (non-hydrogen) atoms. The summed E-state index contributed by atoms with van der Waals surface area (Å²) in [6.45, 7) is 0.137. The van der Waals surface area contributed by atoms with Crippen molar-refractivity contribution in [1.82, 2.24) is 9.78 Å². The Labute approximate surface area is 150 Å². The molecule has 1 aromatic heterocycles. The van der Waals surface area contributed by atoms with Gasteiger partial charge in [-0.15, -0.1) is 0 Å². The molecule has 0 fully saturated rings. The summed E-state index contributed by atoms with van der Waals surface area (Å²) >= 11 is 0. The van der Waals surface area contributed by atoms with E-state index in [1.807, 2.05) is 60.7 Å². The summed E-state index contributed by atoms with van der Waals surface area (Å²) in [7, 11) is 1.60. The number of ether oxygens (including phenoxy) is 1. The van der Waals surface area contributed by atoms with Gasteiger partial charge in [0.1, 0.15) is 11.2 Å². The summed E-state index contributed by atoms with van der Waals surface area (Å²) in [5, 5.41) is 21.9. The van der Waals surface area contributed by atoms with E-state index in [4.69, 9.17) is 15.3 Å². The maximum absolute atomic E-state index is 10.9. The minimum atomic E-state index is -0.921. The Morgan fingerprint density at radius 2 is 1.81 bits per heavy atom. The molecule has 3 aromatic rings. The number of aryl methyl sites for hydroxylation is 1. The minimum absolute atomic E-state index is 0.0934. The monoisotopic (exact) mass is 349 g/mol. The van der Waals surface area contributed by atoms with Gasteiger partial charge in [-0.05, 0) is 23.8 Å². The Bertz CT molecular complexity index is 964. The van der Waals surface area contributed by atoms with Crippen LogP contribution in [0.3, 0.4) is 0 Å². The minimum Gasteiger partial charge on any atom is -0.497 e. The Morgan fingerprint density at radius 3 is 2.42 bits per heavy atom. The number of carboxylic acids is 1. The van der Waals surface area contributed by atoms with E-state index in [0.29, 0.717) is 11.3 Å². The third kappa shape index (κ3) is 3.80. The first-order valence-corrected chi connectivity index (χ1v) is 8.17. The number of carboxylic acid groups (broad SMARTS) is 1. The fourth-order valence-electron chi connectivity index (χ4n) is 2.66. The number of methoxy groups -OCH3 is 1. The highest BCUT2D eigenvalue weighted by Gasteiger charge is 2.11. The predicted molar refractivity (Wildman–Crippen MR) is 97.8 cm³/mol. The summed E-state index contributed by atoms with van der Waals surface area (Å²) in [5.74, 6) is -0.189. The van der Waals surface area contributed by atoms with E-state index in [9.17, 15) is 4.79 Å². The Morgan fingerprint density at radius 1 is 1.12 bits per heavy atom. The number of benzene rings is 2. The number of carbonyl (C=O) groups is 1. The highest BCUT2D eigenvalue weighted by atomic mass is 16.5. The van der Waals surface area contributed by atoms with Crippen LogP contribution in [0.25, 0.3) is 22.4 Å². The van der Waals surface area contributed by atoms with Crippen molar-refractivity contribution in [3.05, 3.63) is 66.2 Å². The number of nitrogens with one attached hydrogen (secondary N) is 1. The molecule has 0 aliphatic heterocycles. The molecular weight excluding hydrogens is 330 g/mol. The molecule has 3 rings (SSSR count). The van der Waals surface area contributed by atoms with E-state index >= 15 is 0 Å². The molecule has 0 aliphatic rings. The lowest BCUT2D eigenvalue weighted by molar-refractivity contribution is -0.137. The van der Waals surface area contributed by atoms with Crippen molar-refractivity contribution in [2.45, 2.75) is 13.0 Å². The molecule has 6 nitrogen and oxygen atoms in total. The molecule has 2 aromatic carbocycles. The summed E-state index contributed by atoms with van der Waals surface area (Å²) in [6.07, 6.45) is -0.0934. The first-order valence-electron chi connectivity index (χ1n) is 8.17. The van der Waals surface area contributed by atoms with Crippen LogP contribution in [0.1, 0.15) is 6.42 Å². The third-order valence-corrected chi connectivity index (χ3v) is 4.03. The van der Waals surface area contributed by atoms with E-state index in [2.05, 4.69) is 5.10 Å².